The van der Waals surface area contributed by atoms with Crippen molar-refractivity contribution in [2.45, 2.75) is 6.92 Å². The first kappa shape index (κ1) is 5.09. The highest BCUT2D eigenvalue weighted by Gasteiger charge is 1.74. The van der Waals surface area contributed by atoms with E-state index < -0.39 is 0 Å². The van der Waals surface area contributed by atoms with E-state index in [-0.39, 0.29) is 0 Å². The van der Waals surface area contributed by atoms with Crippen LogP contribution < -0.4 is 0 Å². The minimum absolute atomic E-state index is 1.75. The molecule has 1 aromatic heterocycles. The molecule has 1 aromatic rings. The van der Waals surface area contributed by atoms with Crippen molar-refractivity contribution in [1.29, 1.82) is 0 Å². The van der Waals surface area contributed by atoms with Crippen molar-refractivity contribution >= 4 is 6.20 Å². The monoisotopic (exact) mass is 108 g/mol. The van der Waals surface area contributed by atoms with E-state index in [1.165, 1.54) is 0 Å². The van der Waals surface area contributed by atoms with Crippen LogP contribution in [0.25, 0.3) is 6.20 Å². The highest BCUT2D eigenvalue weighted by Crippen LogP contribution is 1.84. The van der Waals surface area contributed by atoms with E-state index >= 15 is 0 Å². The molecule has 0 saturated carbocycles. The quantitative estimate of drug-likeness (QED) is 0.531. The zero-order valence-electron chi connectivity index (χ0n) is 4.78. The molecule has 0 amide bonds. The van der Waals surface area contributed by atoms with Gasteiger partial charge in [0.15, 0.2) is 0 Å². The van der Waals surface area contributed by atoms with Crippen LogP contribution in [0.1, 0.15) is 6.92 Å². The summed E-state index contributed by atoms with van der Waals surface area (Å²) in [6.45, 7) is 1.97. The second kappa shape index (κ2) is 2.31. The summed E-state index contributed by atoms with van der Waals surface area (Å²) < 4.78 is 1.89. The van der Waals surface area contributed by atoms with Crippen LogP contribution >= 0.6 is 0 Å². The zero-order chi connectivity index (χ0) is 5.82. The normalized spacial score (nSPS) is 10.6. The number of hydrogen-bond donors (Lipinski definition) is 0. The van der Waals surface area contributed by atoms with Crippen molar-refractivity contribution in [2.24, 2.45) is 0 Å². The Kier molecular flexibility index (Phi) is 1.47. The van der Waals surface area contributed by atoms with Gasteiger partial charge in [-0.1, -0.05) is 6.08 Å². The fraction of sp³-hybridized carbons (Fsp3) is 0.167. The van der Waals surface area contributed by atoms with Crippen molar-refractivity contribution in [3.63, 3.8) is 0 Å². The van der Waals surface area contributed by atoms with Crippen LogP contribution in [0.3, 0.4) is 0 Å². The van der Waals surface area contributed by atoms with Gasteiger partial charge in [-0.3, -0.25) is 0 Å². The Labute approximate surface area is 48.5 Å². The molecule has 2 heteroatoms. The summed E-state index contributed by atoms with van der Waals surface area (Å²) in [7, 11) is 0. The van der Waals surface area contributed by atoms with E-state index in [2.05, 4.69) is 4.98 Å². The van der Waals surface area contributed by atoms with E-state index in [9.17, 15) is 0 Å². The van der Waals surface area contributed by atoms with E-state index in [1.54, 1.807) is 12.5 Å². The Morgan fingerprint density at radius 2 is 2.50 bits per heavy atom. The topological polar surface area (TPSA) is 17.8 Å². The van der Waals surface area contributed by atoms with Crippen LogP contribution in [0.4, 0.5) is 0 Å². The Hall–Kier alpha value is -1.05. The maximum Gasteiger partial charge on any atom is 0.0986 e. The van der Waals surface area contributed by atoms with Crippen molar-refractivity contribution in [3.05, 3.63) is 24.8 Å². The molecule has 2 nitrogen and oxygen atoms in total. The minimum Gasteiger partial charge on any atom is -0.313 e. The third-order valence-corrected chi connectivity index (χ3v) is 0.846. The van der Waals surface area contributed by atoms with Crippen LogP contribution in [-0.4, -0.2) is 9.55 Å². The summed E-state index contributed by atoms with van der Waals surface area (Å²) >= 11 is 0. The number of hydrogen-bond acceptors (Lipinski definition) is 1. The third-order valence-electron chi connectivity index (χ3n) is 0.846. The fourth-order valence-electron chi connectivity index (χ4n) is 0.530. The van der Waals surface area contributed by atoms with Gasteiger partial charge in [0.25, 0.3) is 0 Å². The number of aromatic nitrogens is 2. The van der Waals surface area contributed by atoms with E-state index in [0.29, 0.717) is 0 Å². The lowest BCUT2D eigenvalue weighted by Crippen LogP contribution is -1.75. The first-order valence-corrected chi connectivity index (χ1v) is 2.54. The maximum atomic E-state index is 3.85. The molecule has 0 fully saturated rings. The van der Waals surface area contributed by atoms with Gasteiger partial charge >= 0.3 is 0 Å². The number of rotatable bonds is 1. The molecule has 0 saturated heterocycles. The van der Waals surface area contributed by atoms with Gasteiger partial charge in [-0.05, 0) is 6.92 Å². The molecule has 0 spiro atoms. The first-order valence-electron chi connectivity index (χ1n) is 2.54. The van der Waals surface area contributed by atoms with Crippen molar-refractivity contribution in [3.8, 4) is 0 Å². The molecule has 0 aliphatic heterocycles. The Morgan fingerprint density at radius 3 is 3.00 bits per heavy atom. The second-order valence-corrected chi connectivity index (χ2v) is 1.49. The molecule has 0 bridgehead atoms. The van der Waals surface area contributed by atoms with Gasteiger partial charge in [0.2, 0.25) is 0 Å². The van der Waals surface area contributed by atoms with Gasteiger partial charge < -0.3 is 4.57 Å². The molecule has 0 aromatic carbocycles. The fourth-order valence-corrected chi connectivity index (χ4v) is 0.530. The van der Waals surface area contributed by atoms with Gasteiger partial charge in [-0.15, -0.1) is 0 Å². The first-order chi connectivity index (χ1) is 3.93. The molecule has 42 valence electrons. The average molecular weight is 108 g/mol. The Balaban J connectivity index is 2.77. The molecule has 0 N–H and O–H groups in total. The van der Waals surface area contributed by atoms with Crippen LogP contribution in [0.15, 0.2) is 24.8 Å². The molecular formula is C6H8N2. The van der Waals surface area contributed by atoms with Crippen molar-refractivity contribution in [2.75, 3.05) is 0 Å². The Bertz CT molecular complexity index is 163. The largest absolute Gasteiger partial charge is 0.313 e. The molecule has 0 radical (unpaired) electrons. The lowest BCUT2D eigenvalue weighted by Gasteiger charge is -1.83. The summed E-state index contributed by atoms with van der Waals surface area (Å²) in [5, 5.41) is 0. The molecular weight excluding hydrogens is 100 g/mol. The van der Waals surface area contributed by atoms with Crippen LogP contribution in [0, 0.1) is 0 Å². The summed E-state index contributed by atoms with van der Waals surface area (Å²) in [4.78, 5) is 3.85. The summed E-state index contributed by atoms with van der Waals surface area (Å²) in [6.07, 6.45) is 9.29. The lowest BCUT2D eigenvalue weighted by atomic mass is 10.7. The number of allylic oxidation sites excluding steroid dienone is 1. The predicted molar refractivity (Wildman–Crippen MR) is 33.2 cm³/mol. The number of nitrogens with zero attached hydrogens (tertiary/aromatic N) is 2. The van der Waals surface area contributed by atoms with Gasteiger partial charge in [0, 0.05) is 18.6 Å². The van der Waals surface area contributed by atoms with E-state index in [1.807, 2.05) is 30.0 Å². The van der Waals surface area contributed by atoms with Gasteiger partial charge in [0.1, 0.15) is 0 Å². The zero-order valence-corrected chi connectivity index (χ0v) is 4.78. The lowest BCUT2D eigenvalue weighted by molar-refractivity contribution is 1.13. The van der Waals surface area contributed by atoms with Crippen molar-refractivity contribution in [1.82, 2.24) is 9.55 Å². The van der Waals surface area contributed by atoms with E-state index in [0.717, 1.165) is 0 Å². The third kappa shape index (κ3) is 0.964. The van der Waals surface area contributed by atoms with Crippen LogP contribution in [0.2, 0.25) is 0 Å². The molecule has 1 heterocycles. The number of imidazole rings is 1. The molecule has 0 aliphatic rings. The molecule has 8 heavy (non-hydrogen) atoms. The summed E-state index contributed by atoms with van der Waals surface area (Å²) in [5.74, 6) is 0. The SMILES string of the molecule is C/C=C\n1ccnc1. The average Bonchev–Trinajstić information content (AvgIpc) is 2.19. The van der Waals surface area contributed by atoms with Crippen LogP contribution in [-0.2, 0) is 0 Å². The second-order valence-electron chi connectivity index (χ2n) is 1.49. The standard InChI is InChI=1S/C6H8N2/c1-2-4-8-5-3-7-6-8/h2-6H,1H3/b4-2-. The minimum atomic E-state index is 1.75. The summed E-state index contributed by atoms with van der Waals surface area (Å²) in [6, 6.07) is 0. The van der Waals surface area contributed by atoms with Gasteiger partial charge in [-0.25, -0.2) is 4.98 Å². The van der Waals surface area contributed by atoms with Gasteiger partial charge in [0.05, 0.1) is 6.33 Å². The van der Waals surface area contributed by atoms with Gasteiger partial charge in [-0.2, -0.15) is 0 Å². The highest BCUT2D eigenvalue weighted by atomic mass is 15.0. The molecule has 0 atom stereocenters. The highest BCUT2D eigenvalue weighted by molar-refractivity contribution is 5.19. The van der Waals surface area contributed by atoms with Crippen LogP contribution in [0.5, 0.6) is 0 Å². The summed E-state index contributed by atoms with van der Waals surface area (Å²) in [5.41, 5.74) is 0. The predicted octanol–water partition coefficient (Wildman–Crippen LogP) is 1.37. The maximum absolute atomic E-state index is 3.85. The Morgan fingerprint density at radius 1 is 1.62 bits per heavy atom. The smallest absolute Gasteiger partial charge is 0.0986 e. The van der Waals surface area contributed by atoms with Crippen molar-refractivity contribution < 1.29 is 0 Å². The molecule has 0 aliphatic carbocycles. The molecule has 1 rings (SSSR count). The van der Waals surface area contributed by atoms with E-state index in [4.69, 9.17) is 0 Å². The molecule has 0 unspecified atom stereocenters.